The fourth-order valence-corrected chi connectivity index (χ4v) is 1.65. The van der Waals surface area contributed by atoms with Crippen molar-refractivity contribution in [2.24, 2.45) is 16.3 Å². The summed E-state index contributed by atoms with van der Waals surface area (Å²) in [6.07, 6.45) is 2.66. The minimum Gasteiger partial charge on any atom is -0.396 e. The number of aliphatic hydroxyl groups excluding tert-OH is 1. The summed E-state index contributed by atoms with van der Waals surface area (Å²) in [5.74, 6) is 1.69. The van der Waals surface area contributed by atoms with Gasteiger partial charge in [0, 0.05) is 38.8 Å². The molecule has 1 aliphatic rings. The van der Waals surface area contributed by atoms with Crippen LogP contribution < -0.4 is 5.32 Å². The molecular formula is C15H31N3O2. The number of hydrogen-bond donors (Lipinski definition) is 2. The predicted octanol–water partition coefficient (Wildman–Crippen LogP) is 1.33. The van der Waals surface area contributed by atoms with Crippen LogP contribution in [0.4, 0.5) is 0 Å². The van der Waals surface area contributed by atoms with E-state index in [-0.39, 0.29) is 12.0 Å². The molecule has 2 N–H and O–H groups in total. The Morgan fingerprint density at radius 2 is 2.15 bits per heavy atom. The van der Waals surface area contributed by atoms with E-state index in [0.29, 0.717) is 6.54 Å². The maximum Gasteiger partial charge on any atom is 0.193 e. The molecule has 0 amide bonds. The molecule has 0 aromatic rings. The van der Waals surface area contributed by atoms with E-state index in [9.17, 15) is 5.11 Å². The van der Waals surface area contributed by atoms with E-state index in [2.05, 4.69) is 22.1 Å². The van der Waals surface area contributed by atoms with Gasteiger partial charge in [-0.1, -0.05) is 13.8 Å². The summed E-state index contributed by atoms with van der Waals surface area (Å²) in [5, 5.41) is 12.6. The van der Waals surface area contributed by atoms with Gasteiger partial charge in [-0.2, -0.15) is 0 Å². The van der Waals surface area contributed by atoms with E-state index in [4.69, 9.17) is 4.74 Å². The summed E-state index contributed by atoms with van der Waals surface area (Å²) in [5.41, 5.74) is -0.177. The Morgan fingerprint density at radius 3 is 2.70 bits per heavy atom. The molecule has 1 rings (SSSR count). The highest BCUT2D eigenvalue weighted by atomic mass is 16.5. The van der Waals surface area contributed by atoms with Crippen molar-refractivity contribution < 1.29 is 9.84 Å². The summed E-state index contributed by atoms with van der Waals surface area (Å²) in [6, 6.07) is 0. The first kappa shape index (κ1) is 17.2. The Morgan fingerprint density at radius 1 is 1.45 bits per heavy atom. The zero-order valence-corrected chi connectivity index (χ0v) is 13.5. The Hall–Kier alpha value is -0.810. The van der Waals surface area contributed by atoms with Crippen LogP contribution >= 0.6 is 0 Å². The third-order valence-electron chi connectivity index (χ3n) is 3.40. The molecule has 0 radical (unpaired) electrons. The molecule has 118 valence electrons. The number of hydrogen-bond acceptors (Lipinski definition) is 3. The smallest absolute Gasteiger partial charge is 0.193 e. The fraction of sp³-hybridized carbons (Fsp3) is 0.933. The summed E-state index contributed by atoms with van der Waals surface area (Å²) in [7, 11) is 2.02. The largest absolute Gasteiger partial charge is 0.396 e. The number of nitrogens with one attached hydrogen (secondary N) is 1. The second-order valence-corrected chi connectivity index (χ2v) is 6.43. The molecule has 0 aliphatic heterocycles. The standard InChI is InChI=1S/C15H31N3O2/c1-5-16-14(17-11-15(2,3)12-19)18(4)8-9-20-10-13-6-7-13/h13,19H,5-12H2,1-4H3,(H,16,17). The van der Waals surface area contributed by atoms with Crippen molar-refractivity contribution in [1.29, 1.82) is 0 Å². The lowest BCUT2D eigenvalue weighted by Crippen LogP contribution is -2.41. The topological polar surface area (TPSA) is 57.1 Å². The summed E-state index contributed by atoms with van der Waals surface area (Å²) >= 11 is 0. The first-order valence-electron chi connectivity index (χ1n) is 7.66. The van der Waals surface area contributed by atoms with Gasteiger partial charge in [0.25, 0.3) is 0 Å². The second kappa shape index (κ2) is 8.47. The lowest BCUT2D eigenvalue weighted by atomic mass is 9.95. The van der Waals surface area contributed by atoms with Crippen LogP contribution in [0.3, 0.4) is 0 Å². The quantitative estimate of drug-likeness (QED) is 0.381. The van der Waals surface area contributed by atoms with Gasteiger partial charge in [0.2, 0.25) is 0 Å². The third kappa shape index (κ3) is 7.10. The van der Waals surface area contributed by atoms with Crippen LogP contribution in [0.25, 0.3) is 0 Å². The van der Waals surface area contributed by atoms with Crippen molar-refractivity contribution >= 4 is 5.96 Å². The van der Waals surface area contributed by atoms with Gasteiger partial charge in [-0.15, -0.1) is 0 Å². The van der Waals surface area contributed by atoms with Crippen molar-refractivity contribution in [1.82, 2.24) is 10.2 Å². The van der Waals surface area contributed by atoms with E-state index in [1.807, 2.05) is 20.9 Å². The van der Waals surface area contributed by atoms with Crippen molar-refractivity contribution in [3.63, 3.8) is 0 Å². The van der Waals surface area contributed by atoms with Crippen LogP contribution in [0.15, 0.2) is 4.99 Å². The average Bonchev–Trinajstić information content (AvgIpc) is 3.23. The second-order valence-electron chi connectivity index (χ2n) is 6.43. The van der Waals surface area contributed by atoms with Crippen molar-refractivity contribution in [3.8, 4) is 0 Å². The van der Waals surface area contributed by atoms with E-state index >= 15 is 0 Å². The molecule has 20 heavy (non-hydrogen) atoms. The van der Waals surface area contributed by atoms with Gasteiger partial charge in [-0.3, -0.25) is 4.99 Å². The number of nitrogens with zero attached hydrogens (tertiary/aromatic N) is 2. The van der Waals surface area contributed by atoms with E-state index in [1.54, 1.807) is 0 Å². The first-order chi connectivity index (χ1) is 9.48. The Labute approximate surface area is 123 Å². The number of aliphatic imine (C=N–C) groups is 1. The van der Waals surface area contributed by atoms with Gasteiger partial charge in [0.15, 0.2) is 5.96 Å². The zero-order valence-electron chi connectivity index (χ0n) is 13.5. The van der Waals surface area contributed by atoms with Crippen molar-refractivity contribution in [2.75, 3.05) is 46.5 Å². The molecule has 5 nitrogen and oxygen atoms in total. The number of aliphatic hydroxyl groups is 1. The molecule has 5 heteroatoms. The molecule has 1 aliphatic carbocycles. The third-order valence-corrected chi connectivity index (χ3v) is 3.40. The predicted molar refractivity (Wildman–Crippen MR) is 83.0 cm³/mol. The summed E-state index contributed by atoms with van der Waals surface area (Å²) in [4.78, 5) is 6.69. The van der Waals surface area contributed by atoms with E-state index < -0.39 is 0 Å². The molecule has 0 aromatic heterocycles. The van der Waals surface area contributed by atoms with Crippen molar-refractivity contribution in [2.45, 2.75) is 33.6 Å². The number of likely N-dealkylation sites (N-methyl/N-ethyl adjacent to an activating group) is 1. The molecule has 0 bridgehead atoms. The van der Waals surface area contributed by atoms with Crippen LogP contribution in [0.2, 0.25) is 0 Å². The van der Waals surface area contributed by atoms with Gasteiger partial charge in [0.05, 0.1) is 13.2 Å². The Kier molecular flexibility index (Phi) is 7.30. The maximum atomic E-state index is 9.28. The normalized spacial score (nSPS) is 16.4. The first-order valence-corrected chi connectivity index (χ1v) is 7.66. The van der Waals surface area contributed by atoms with Gasteiger partial charge < -0.3 is 20.1 Å². The lowest BCUT2D eigenvalue weighted by Gasteiger charge is -2.24. The fourth-order valence-electron chi connectivity index (χ4n) is 1.65. The minimum absolute atomic E-state index is 0.143. The zero-order chi connectivity index (χ0) is 15.0. The highest BCUT2D eigenvalue weighted by molar-refractivity contribution is 5.79. The molecule has 1 fully saturated rings. The van der Waals surface area contributed by atoms with Gasteiger partial charge in [-0.25, -0.2) is 0 Å². The van der Waals surface area contributed by atoms with Crippen LogP contribution in [-0.4, -0.2) is 62.5 Å². The van der Waals surface area contributed by atoms with Crippen LogP contribution in [-0.2, 0) is 4.74 Å². The van der Waals surface area contributed by atoms with Crippen LogP contribution in [0.5, 0.6) is 0 Å². The molecule has 0 atom stereocenters. The molecular weight excluding hydrogens is 254 g/mol. The number of guanidine groups is 1. The van der Waals surface area contributed by atoms with Crippen LogP contribution in [0, 0.1) is 11.3 Å². The van der Waals surface area contributed by atoms with Gasteiger partial charge >= 0.3 is 0 Å². The Balaban J connectivity index is 2.35. The molecule has 0 aromatic carbocycles. The van der Waals surface area contributed by atoms with Gasteiger partial charge in [-0.05, 0) is 25.7 Å². The monoisotopic (exact) mass is 285 g/mol. The lowest BCUT2D eigenvalue weighted by molar-refractivity contribution is 0.115. The molecule has 0 unspecified atom stereocenters. The van der Waals surface area contributed by atoms with Crippen LogP contribution in [0.1, 0.15) is 33.6 Å². The highest BCUT2D eigenvalue weighted by Crippen LogP contribution is 2.28. The molecule has 1 saturated carbocycles. The van der Waals surface area contributed by atoms with E-state index in [1.165, 1.54) is 12.8 Å². The number of ether oxygens (including phenoxy) is 1. The average molecular weight is 285 g/mol. The molecule has 0 saturated heterocycles. The minimum atomic E-state index is -0.177. The summed E-state index contributed by atoms with van der Waals surface area (Å²) < 4.78 is 5.66. The van der Waals surface area contributed by atoms with Crippen molar-refractivity contribution in [3.05, 3.63) is 0 Å². The molecule has 0 heterocycles. The van der Waals surface area contributed by atoms with Gasteiger partial charge in [0.1, 0.15) is 0 Å². The number of rotatable bonds is 9. The Bertz CT molecular complexity index is 301. The van der Waals surface area contributed by atoms with E-state index in [0.717, 1.165) is 38.2 Å². The highest BCUT2D eigenvalue weighted by Gasteiger charge is 2.21. The SMILES string of the molecule is CCNC(=NCC(C)(C)CO)N(C)CCOCC1CC1. The summed E-state index contributed by atoms with van der Waals surface area (Å²) in [6.45, 7) is 10.1. The molecule has 0 spiro atoms. The maximum absolute atomic E-state index is 9.28.